The molecule has 0 fully saturated rings. The fourth-order valence-electron chi connectivity index (χ4n) is 2.45. The predicted octanol–water partition coefficient (Wildman–Crippen LogP) is 4.20. The summed E-state index contributed by atoms with van der Waals surface area (Å²) in [5, 5.41) is 4.38. The van der Waals surface area contributed by atoms with Gasteiger partial charge < -0.3 is 9.88 Å². The topological polar surface area (TPSA) is 17.0 Å². The molecule has 102 valence electrons. The Labute approximate surface area is 117 Å². The van der Waals surface area contributed by atoms with Crippen LogP contribution in [0.5, 0.6) is 0 Å². The molecule has 1 N–H and O–H groups in total. The van der Waals surface area contributed by atoms with E-state index in [0.717, 1.165) is 29.7 Å². The molecular weight excluding hydrogens is 251 g/mol. The summed E-state index contributed by atoms with van der Waals surface area (Å²) in [6.45, 7) is 3.78. The number of halogens is 1. The fraction of sp³-hybridized carbons (Fsp3) is 0.176. The Hall–Kier alpha value is -2.29. The van der Waals surface area contributed by atoms with E-state index in [0.29, 0.717) is 0 Å². The molecule has 1 aromatic heterocycles. The SMILES string of the molecule is Cc1ccccc1NCCn1ccc2cc(F)ccc21. The number of hydrogen-bond donors (Lipinski definition) is 1. The lowest BCUT2D eigenvalue weighted by molar-refractivity contribution is 0.629. The van der Waals surface area contributed by atoms with Crippen LogP contribution in [0.1, 0.15) is 5.56 Å². The van der Waals surface area contributed by atoms with E-state index in [9.17, 15) is 4.39 Å². The van der Waals surface area contributed by atoms with Crippen molar-refractivity contribution in [3.05, 3.63) is 66.1 Å². The van der Waals surface area contributed by atoms with Gasteiger partial charge >= 0.3 is 0 Å². The average molecular weight is 268 g/mol. The zero-order chi connectivity index (χ0) is 13.9. The summed E-state index contributed by atoms with van der Waals surface area (Å²) < 4.78 is 15.3. The van der Waals surface area contributed by atoms with Gasteiger partial charge in [0.25, 0.3) is 0 Å². The van der Waals surface area contributed by atoms with Crippen LogP contribution in [-0.4, -0.2) is 11.1 Å². The second-order valence-electron chi connectivity index (χ2n) is 4.95. The van der Waals surface area contributed by atoms with Crippen molar-refractivity contribution in [1.82, 2.24) is 4.57 Å². The number of nitrogens with one attached hydrogen (secondary N) is 1. The highest BCUT2D eigenvalue weighted by Crippen LogP contribution is 2.17. The van der Waals surface area contributed by atoms with Gasteiger partial charge in [0.15, 0.2) is 0 Å². The second-order valence-corrected chi connectivity index (χ2v) is 4.95. The normalized spacial score (nSPS) is 10.9. The first-order valence-corrected chi connectivity index (χ1v) is 6.78. The molecule has 3 aromatic rings. The lowest BCUT2D eigenvalue weighted by Crippen LogP contribution is -2.10. The Morgan fingerprint density at radius 1 is 1.10 bits per heavy atom. The predicted molar refractivity (Wildman–Crippen MR) is 81.6 cm³/mol. The fourth-order valence-corrected chi connectivity index (χ4v) is 2.45. The van der Waals surface area contributed by atoms with E-state index in [1.54, 1.807) is 6.07 Å². The van der Waals surface area contributed by atoms with Gasteiger partial charge in [-0.1, -0.05) is 18.2 Å². The van der Waals surface area contributed by atoms with Crippen molar-refractivity contribution in [2.24, 2.45) is 0 Å². The first-order valence-electron chi connectivity index (χ1n) is 6.78. The van der Waals surface area contributed by atoms with E-state index in [-0.39, 0.29) is 5.82 Å². The molecule has 0 radical (unpaired) electrons. The number of para-hydroxylation sites is 1. The van der Waals surface area contributed by atoms with Crippen LogP contribution < -0.4 is 5.32 Å². The van der Waals surface area contributed by atoms with Gasteiger partial charge in [-0.15, -0.1) is 0 Å². The van der Waals surface area contributed by atoms with E-state index in [2.05, 4.69) is 28.9 Å². The zero-order valence-electron chi connectivity index (χ0n) is 11.4. The van der Waals surface area contributed by atoms with Gasteiger partial charge in [0.1, 0.15) is 5.82 Å². The summed E-state index contributed by atoms with van der Waals surface area (Å²) in [7, 11) is 0. The van der Waals surface area contributed by atoms with Crippen molar-refractivity contribution in [1.29, 1.82) is 0 Å². The maximum Gasteiger partial charge on any atom is 0.123 e. The molecule has 0 saturated carbocycles. The molecule has 3 rings (SSSR count). The first kappa shape index (κ1) is 12.7. The van der Waals surface area contributed by atoms with Crippen LogP contribution in [-0.2, 0) is 6.54 Å². The number of rotatable bonds is 4. The van der Waals surface area contributed by atoms with Crippen LogP contribution in [0.15, 0.2) is 54.7 Å². The monoisotopic (exact) mass is 268 g/mol. The van der Waals surface area contributed by atoms with Crippen molar-refractivity contribution in [2.75, 3.05) is 11.9 Å². The van der Waals surface area contributed by atoms with E-state index in [4.69, 9.17) is 0 Å². The van der Waals surface area contributed by atoms with Crippen LogP contribution in [0.4, 0.5) is 10.1 Å². The Morgan fingerprint density at radius 2 is 1.95 bits per heavy atom. The number of fused-ring (bicyclic) bond motifs is 1. The van der Waals surface area contributed by atoms with Crippen LogP contribution in [0.3, 0.4) is 0 Å². The highest BCUT2D eigenvalue weighted by atomic mass is 19.1. The highest BCUT2D eigenvalue weighted by Gasteiger charge is 2.02. The quantitative estimate of drug-likeness (QED) is 0.750. The molecule has 0 saturated heterocycles. The van der Waals surface area contributed by atoms with Gasteiger partial charge in [-0.3, -0.25) is 0 Å². The van der Waals surface area contributed by atoms with Gasteiger partial charge in [-0.25, -0.2) is 4.39 Å². The number of nitrogens with zero attached hydrogens (tertiary/aromatic N) is 1. The number of aromatic nitrogens is 1. The summed E-state index contributed by atoms with van der Waals surface area (Å²) in [6.07, 6.45) is 2.00. The van der Waals surface area contributed by atoms with Crippen molar-refractivity contribution in [3.8, 4) is 0 Å². The summed E-state index contributed by atoms with van der Waals surface area (Å²) in [5.74, 6) is -0.187. The van der Waals surface area contributed by atoms with E-state index in [1.165, 1.54) is 11.6 Å². The Balaban J connectivity index is 1.70. The highest BCUT2D eigenvalue weighted by molar-refractivity contribution is 5.80. The first-order chi connectivity index (χ1) is 9.74. The van der Waals surface area contributed by atoms with Crippen LogP contribution >= 0.6 is 0 Å². The molecule has 20 heavy (non-hydrogen) atoms. The number of benzene rings is 2. The minimum atomic E-state index is -0.187. The van der Waals surface area contributed by atoms with Gasteiger partial charge in [-0.2, -0.15) is 0 Å². The van der Waals surface area contributed by atoms with Crippen LogP contribution in [0.2, 0.25) is 0 Å². The molecule has 2 aromatic carbocycles. The summed E-state index contributed by atoms with van der Waals surface area (Å²) >= 11 is 0. The molecule has 0 aliphatic heterocycles. The largest absolute Gasteiger partial charge is 0.383 e. The molecule has 0 aliphatic carbocycles. The van der Waals surface area contributed by atoms with Crippen LogP contribution in [0.25, 0.3) is 10.9 Å². The third-order valence-corrected chi connectivity index (χ3v) is 3.55. The molecule has 3 heteroatoms. The molecule has 0 atom stereocenters. The van der Waals surface area contributed by atoms with Gasteiger partial charge in [0, 0.05) is 35.9 Å². The lowest BCUT2D eigenvalue weighted by Gasteiger charge is -2.10. The second kappa shape index (κ2) is 5.37. The summed E-state index contributed by atoms with van der Waals surface area (Å²) in [6, 6.07) is 15.1. The smallest absolute Gasteiger partial charge is 0.123 e. The number of aryl methyl sites for hydroxylation is 1. The third kappa shape index (κ3) is 2.52. The zero-order valence-corrected chi connectivity index (χ0v) is 11.4. The summed E-state index contributed by atoms with van der Waals surface area (Å²) in [4.78, 5) is 0. The van der Waals surface area contributed by atoms with Crippen molar-refractivity contribution < 1.29 is 4.39 Å². The molecule has 2 nitrogen and oxygen atoms in total. The maximum absolute atomic E-state index is 13.1. The average Bonchev–Trinajstić information content (AvgIpc) is 2.83. The van der Waals surface area contributed by atoms with E-state index in [1.807, 2.05) is 30.5 Å². The van der Waals surface area contributed by atoms with Crippen molar-refractivity contribution in [2.45, 2.75) is 13.5 Å². The number of anilines is 1. The standard InChI is InChI=1S/C17H17FN2/c1-13-4-2-3-5-16(13)19-9-11-20-10-8-14-12-15(18)6-7-17(14)20/h2-8,10,12,19H,9,11H2,1H3. The van der Waals surface area contributed by atoms with Gasteiger partial charge in [0.2, 0.25) is 0 Å². The molecule has 0 unspecified atom stereocenters. The van der Waals surface area contributed by atoms with E-state index < -0.39 is 0 Å². The number of hydrogen-bond acceptors (Lipinski definition) is 1. The minimum absolute atomic E-state index is 0.187. The van der Waals surface area contributed by atoms with E-state index >= 15 is 0 Å². The minimum Gasteiger partial charge on any atom is -0.383 e. The third-order valence-electron chi connectivity index (χ3n) is 3.55. The molecule has 1 heterocycles. The molecule has 0 spiro atoms. The Bertz CT molecular complexity index is 731. The lowest BCUT2D eigenvalue weighted by atomic mass is 10.2. The molecule has 0 bridgehead atoms. The summed E-state index contributed by atoms with van der Waals surface area (Å²) in [5.41, 5.74) is 3.47. The van der Waals surface area contributed by atoms with Crippen LogP contribution in [0, 0.1) is 12.7 Å². The molecular formula is C17H17FN2. The Morgan fingerprint density at radius 3 is 2.80 bits per heavy atom. The Kier molecular flexibility index (Phi) is 3.42. The molecule has 0 aliphatic rings. The van der Waals surface area contributed by atoms with Crippen molar-refractivity contribution >= 4 is 16.6 Å². The van der Waals surface area contributed by atoms with Gasteiger partial charge in [0.05, 0.1) is 0 Å². The van der Waals surface area contributed by atoms with Crippen molar-refractivity contribution in [3.63, 3.8) is 0 Å². The maximum atomic E-state index is 13.1. The van der Waals surface area contributed by atoms with Gasteiger partial charge in [-0.05, 0) is 42.8 Å². The molecule has 0 amide bonds.